The third-order valence-corrected chi connectivity index (χ3v) is 2.56. The van der Waals surface area contributed by atoms with Crippen molar-refractivity contribution >= 4 is 17.4 Å². The van der Waals surface area contributed by atoms with Crippen molar-refractivity contribution < 1.29 is 9.53 Å². The Morgan fingerprint density at radius 3 is 2.76 bits per heavy atom. The average molecular weight is 282 g/mol. The largest absolute Gasteiger partial charge is 0.494 e. The number of carbonyl (C=O) groups is 1. The number of hydrogen-bond acceptors (Lipinski definition) is 5. The van der Waals surface area contributed by atoms with Gasteiger partial charge in [-0.1, -0.05) is 5.92 Å². The summed E-state index contributed by atoms with van der Waals surface area (Å²) in [5.74, 6) is 6.59. The first-order valence-corrected chi connectivity index (χ1v) is 6.14. The number of nitrogens with one attached hydrogen (secondary N) is 1. The number of aromatic nitrogens is 2. The molecule has 2 rings (SSSR count). The number of rotatable bonds is 2. The first-order chi connectivity index (χ1) is 10.1. The molecule has 3 N–H and O–H groups in total. The van der Waals surface area contributed by atoms with Gasteiger partial charge in [0.1, 0.15) is 22.9 Å². The van der Waals surface area contributed by atoms with E-state index in [0.29, 0.717) is 28.5 Å². The van der Waals surface area contributed by atoms with Crippen LogP contribution in [0.25, 0.3) is 0 Å². The van der Waals surface area contributed by atoms with Crippen LogP contribution in [0.5, 0.6) is 5.75 Å². The van der Waals surface area contributed by atoms with Gasteiger partial charge in [-0.25, -0.2) is 9.97 Å². The zero-order valence-corrected chi connectivity index (χ0v) is 11.7. The second-order valence-corrected chi connectivity index (χ2v) is 4.14. The van der Waals surface area contributed by atoms with Crippen LogP contribution >= 0.6 is 0 Å². The number of nitrogens with zero attached hydrogens (tertiary/aromatic N) is 2. The highest BCUT2D eigenvalue weighted by atomic mass is 16.5. The van der Waals surface area contributed by atoms with E-state index >= 15 is 0 Å². The van der Waals surface area contributed by atoms with Gasteiger partial charge in [-0.15, -0.1) is 0 Å². The van der Waals surface area contributed by atoms with Crippen LogP contribution in [0, 0.1) is 11.8 Å². The highest BCUT2D eigenvalue weighted by Crippen LogP contribution is 2.21. The van der Waals surface area contributed by atoms with E-state index in [1.807, 2.05) is 0 Å². The van der Waals surface area contributed by atoms with Crippen molar-refractivity contribution in [2.24, 2.45) is 0 Å². The SMILES string of the molecule is COc1ccnc(C#Cc2ccnc(NC(C)=O)c2)c1N. The van der Waals surface area contributed by atoms with Crippen molar-refractivity contribution in [3.63, 3.8) is 0 Å². The Labute approximate surface area is 122 Å². The number of hydrogen-bond donors (Lipinski definition) is 2. The lowest BCUT2D eigenvalue weighted by atomic mass is 10.2. The molecule has 0 aliphatic heterocycles. The predicted octanol–water partition coefficient (Wildman–Crippen LogP) is 1.43. The lowest BCUT2D eigenvalue weighted by Gasteiger charge is -2.04. The molecule has 0 unspecified atom stereocenters. The molecule has 2 aromatic rings. The molecule has 0 saturated heterocycles. The minimum Gasteiger partial charge on any atom is -0.494 e. The van der Waals surface area contributed by atoms with Gasteiger partial charge in [0.15, 0.2) is 0 Å². The van der Waals surface area contributed by atoms with E-state index < -0.39 is 0 Å². The summed E-state index contributed by atoms with van der Waals surface area (Å²) >= 11 is 0. The normalized spacial score (nSPS) is 9.43. The van der Waals surface area contributed by atoms with E-state index in [1.54, 1.807) is 30.6 Å². The van der Waals surface area contributed by atoms with Crippen molar-refractivity contribution in [2.75, 3.05) is 18.2 Å². The van der Waals surface area contributed by atoms with Gasteiger partial charge in [-0.05, 0) is 18.1 Å². The fraction of sp³-hybridized carbons (Fsp3) is 0.133. The molecule has 2 heterocycles. The molecule has 0 fully saturated rings. The summed E-state index contributed by atoms with van der Waals surface area (Å²) in [5.41, 5.74) is 7.42. The molecule has 2 aromatic heterocycles. The second-order valence-electron chi connectivity index (χ2n) is 4.14. The third kappa shape index (κ3) is 3.70. The van der Waals surface area contributed by atoms with Crippen LogP contribution in [0.1, 0.15) is 18.2 Å². The molecule has 0 atom stereocenters. The fourth-order valence-corrected chi connectivity index (χ4v) is 1.62. The van der Waals surface area contributed by atoms with Crippen LogP contribution in [0.3, 0.4) is 0 Å². The van der Waals surface area contributed by atoms with Crippen LogP contribution < -0.4 is 15.8 Å². The summed E-state index contributed by atoms with van der Waals surface area (Å²) in [7, 11) is 1.53. The number of carbonyl (C=O) groups excluding carboxylic acids is 1. The monoisotopic (exact) mass is 282 g/mol. The number of pyridine rings is 2. The van der Waals surface area contributed by atoms with Crippen molar-refractivity contribution in [1.82, 2.24) is 9.97 Å². The van der Waals surface area contributed by atoms with E-state index in [-0.39, 0.29) is 5.91 Å². The number of ether oxygens (including phenoxy) is 1. The molecular formula is C15H14N4O2. The molecular weight excluding hydrogens is 268 g/mol. The minimum atomic E-state index is -0.189. The second kappa shape index (κ2) is 6.39. The minimum absolute atomic E-state index is 0.189. The van der Waals surface area contributed by atoms with Crippen LogP contribution in [0.15, 0.2) is 30.6 Å². The van der Waals surface area contributed by atoms with Crippen LogP contribution in [0.2, 0.25) is 0 Å². The smallest absolute Gasteiger partial charge is 0.222 e. The van der Waals surface area contributed by atoms with Gasteiger partial charge >= 0.3 is 0 Å². The molecule has 106 valence electrons. The molecule has 6 heteroatoms. The van der Waals surface area contributed by atoms with Gasteiger partial charge in [0.25, 0.3) is 0 Å². The summed E-state index contributed by atoms with van der Waals surface area (Å²) in [6, 6.07) is 5.07. The maximum Gasteiger partial charge on any atom is 0.222 e. The highest BCUT2D eigenvalue weighted by molar-refractivity contribution is 5.87. The average Bonchev–Trinajstić information content (AvgIpc) is 2.46. The Hall–Kier alpha value is -3.07. The van der Waals surface area contributed by atoms with E-state index in [0.717, 1.165) is 0 Å². The van der Waals surface area contributed by atoms with Gasteiger partial charge in [-0.3, -0.25) is 4.79 Å². The van der Waals surface area contributed by atoms with Crippen molar-refractivity contribution in [1.29, 1.82) is 0 Å². The summed E-state index contributed by atoms with van der Waals surface area (Å²) in [5, 5.41) is 2.59. The van der Waals surface area contributed by atoms with Crippen molar-refractivity contribution in [3.8, 4) is 17.6 Å². The number of nitrogens with two attached hydrogens (primary N) is 1. The van der Waals surface area contributed by atoms with Gasteiger partial charge in [0, 0.05) is 30.9 Å². The lowest BCUT2D eigenvalue weighted by Crippen LogP contribution is -2.07. The van der Waals surface area contributed by atoms with Crippen LogP contribution in [0.4, 0.5) is 11.5 Å². The molecule has 0 radical (unpaired) electrons. The van der Waals surface area contributed by atoms with Crippen LogP contribution in [-0.4, -0.2) is 23.0 Å². The maximum absolute atomic E-state index is 11.0. The summed E-state index contributed by atoms with van der Waals surface area (Å²) < 4.78 is 5.11. The lowest BCUT2D eigenvalue weighted by molar-refractivity contribution is -0.114. The van der Waals surface area contributed by atoms with Crippen molar-refractivity contribution in [3.05, 3.63) is 41.9 Å². The first kappa shape index (κ1) is 14.3. The third-order valence-electron chi connectivity index (χ3n) is 2.56. The summed E-state index contributed by atoms with van der Waals surface area (Å²) in [4.78, 5) is 19.1. The zero-order valence-electron chi connectivity index (χ0n) is 11.7. The van der Waals surface area contributed by atoms with Gasteiger partial charge < -0.3 is 15.8 Å². The number of nitrogen functional groups attached to an aromatic ring is 1. The number of anilines is 2. The molecule has 1 amide bonds. The van der Waals surface area contributed by atoms with E-state index in [1.165, 1.54) is 14.0 Å². The standard InChI is InChI=1S/C15H14N4O2/c1-10(20)19-14-9-11(5-7-18-14)3-4-12-15(16)13(21-2)6-8-17-12/h5-9H,16H2,1-2H3,(H,18,19,20). The molecule has 21 heavy (non-hydrogen) atoms. The Morgan fingerprint density at radius 2 is 2.05 bits per heavy atom. The fourth-order valence-electron chi connectivity index (χ4n) is 1.62. The first-order valence-electron chi connectivity index (χ1n) is 6.14. The summed E-state index contributed by atoms with van der Waals surface area (Å²) in [6.07, 6.45) is 3.14. The van der Waals surface area contributed by atoms with E-state index in [4.69, 9.17) is 10.5 Å². The number of methoxy groups -OCH3 is 1. The van der Waals surface area contributed by atoms with Gasteiger partial charge in [0.05, 0.1) is 7.11 Å². The molecule has 0 aliphatic rings. The Bertz CT molecular complexity index is 732. The molecule has 0 saturated carbocycles. The molecule has 0 spiro atoms. The predicted molar refractivity (Wildman–Crippen MR) is 79.7 cm³/mol. The van der Waals surface area contributed by atoms with E-state index in [2.05, 4.69) is 27.1 Å². The quantitative estimate of drug-likeness (QED) is 0.813. The van der Waals surface area contributed by atoms with E-state index in [9.17, 15) is 4.79 Å². The Morgan fingerprint density at radius 1 is 1.29 bits per heavy atom. The maximum atomic E-state index is 11.0. The Kier molecular flexibility index (Phi) is 4.36. The molecule has 0 bridgehead atoms. The summed E-state index contributed by atoms with van der Waals surface area (Å²) in [6.45, 7) is 1.42. The molecule has 0 aliphatic carbocycles. The van der Waals surface area contributed by atoms with Gasteiger partial charge in [0.2, 0.25) is 5.91 Å². The number of amides is 1. The highest BCUT2D eigenvalue weighted by Gasteiger charge is 2.03. The van der Waals surface area contributed by atoms with Gasteiger partial charge in [-0.2, -0.15) is 0 Å². The molecule has 0 aromatic carbocycles. The van der Waals surface area contributed by atoms with Crippen molar-refractivity contribution in [2.45, 2.75) is 6.92 Å². The topological polar surface area (TPSA) is 90.1 Å². The Balaban J connectivity index is 2.29. The zero-order chi connectivity index (χ0) is 15.2. The van der Waals surface area contributed by atoms with Crippen LogP contribution in [-0.2, 0) is 4.79 Å². The molecule has 6 nitrogen and oxygen atoms in total.